The number of aromatic nitrogens is 2. The van der Waals surface area contributed by atoms with Crippen molar-refractivity contribution in [3.8, 4) is 11.1 Å². The Labute approximate surface area is 224 Å². The number of nitrogens with zero attached hydrogens (tertiary/aromatic N) is 2. The van der Waals surface area contributed by atoms with Crippen LogP contribution in [0.4, 0.5) is 15.0 Å². The second kappa shape index (κ2) is 9.71. The Morgan fingerprint density at radius 3 is 2.74 bits per heavy atom. The topological polar surface area (TPSA) is 103 Å². The molecule has 1 saturated heterocycles. The van der Waals surface area contributed by atoms with E-state index in [0.717, 1.165) is 12.0 Å². The maximum atomic E-state index is 15.5. The lowest BCUT2D eigenvalue weighted by molar-refractivity contribution is -0.143. The third kappa shape index (κ3) is 4.88. The van der Waals surface area contributed by atoms with Crippen molar-refractivity contribution in [3.05, 3.63) is 70.6 Å². The summed E-state index contributed by atoms with van der Waals surface area (Å²) in [6.45, 7) is 4.05. The van der Waals surface area contributed by atoms with Gasteiger partial charge in [0.25, 0.3) is 0 Å². The molecule has 3 aromatic rings. The van der Waals surface area contributed by atoms with Gasteiger partial charge in [-0.1, -0.05) is 48.9 Å². The number of carbonyl (C=O) groups excluding carboxylic acids is 1. The van der Waals surface area contributed by atoms with Gasteiger partial charge in [-0.25, -0.2) is 9.18 Å². The van der Waals surface area contributed by atoms with Crippen LogP contribution in [0, 0.1) is 11.7 Å². The van der Waals surface area contributed by atoms with Gasteiger partial charge in [-0.05, 0) is 43.4 Å². The van der Waals surface area contributed by atoms with Gasteiger partial charge in [-0.3, -0.25) is 14.8 Å². The highest BCUT2D eigenvalue weighted by atomic mass is 35.5. The van der Waals surface area contributed by atoms with E-state index in [1.54, 1.807) is 38.2 Å². The smallest absolute Gasteiger partial charge is 0.413 e. The fourth-order valence-electron chi connectivity index (χ4n) is 5.47. The second-order valence-corrected chi connectivity index (χ2v) is 10.9. The lowest BCUT2D eigenvalue weighted by Crippen LogP contribution is -2.39. The van der Waals surface area contributed by atoms with Crippen molar-refractivity contribution in [1.29, 1.82) is 0 Å². The van der Waals surface area contributed by atoms with E-state index in [9.17, 15) is 14.7 Å². The van der Waals surface area contributed by atoms with Gasteiger partial charge in [0.15, 0.2) is 0 Å². The van der Waals surface area contributed by atoms with Crippen LogP contribution in [0.15, 0.2) is 48.7 Å². The third-order valence-corrected chi connectivity index (χ3v) is 8.09. The lowest BCUT2D eigenvalue weighted by atomic mass is 9.76. The largest absolute Gasteiger partial charge is 0.481 e. The van der Waals surface area contributed by atoms with Gasteiger partial charge in [0, 0.05) is 34.2 Å². The number of aliphatic carboxylic acids is 1. The van der Waals surface area contributed by atoms with Crippen LogP contribution < -0.4 is 5.32 Å². The molecule has 4 atom stereocenters. The average Bonchev–Trinajstić information content (AvgIpc) is 3.43. The van der Waals surface area contributed by atoms with Crippen molar-refractivity contribution in [1.82, 2.24) is 9.78 Å². The van der Waals surface area contributed by atoms with Crippen molar-refractivity contribution < 1.29 is 28.6 Å². The minimum absolute atomic E-state index is 0.00255. The molecule has 1 aliphatic carbocycles. The average molecular weight is 542 g/mol. The van der Waals surface area contributed by atoms with Crippen LogP contribution in [-0.4, -0.2) is 39.2 Å². The van der Waals surface area contributed by atoms with Gasteiger partial charge in [-0.2, -0.15) is 5.10 Å². The number of halogens is 2. The van der Waals surface area contributed by atoms with Gasteiger partial charge in [0.05, 0.1) is 24.8 Å². The molecule has 0 radical (unpaired) electrons. The normalized spacial score (nSPS) is 24.8. The van der Waals surface area contributed by atoms with E-state index in [0.29, 0.717) is 29.2 Å². The zero-order chi connectivity index (χ0) is 27.2. The number of rotatable bonds is 7. The molecule has 2 fully saturated rings. The summed E-state index contributed by atoms with van der Waals surface area (Å²) in [5, 5.41) is 16.6. The van der Waals surface area contributed by atoms with Gasteiger partial charge in [0.1, 0.15) is 17.7 Å². The Hall–Kier alpha value is -3.43. The molecule has 1 saturated carbocycles. The Bertz CT molecular complexity index is 1410. The molecule has 1 aromatic heterocycles. The first kappa shape index (κ1) is 26.2. The highest BCUT2D eigenvalue weighted by Gasteiger charge is 2.62. The summed E-state index contributed by atoms with van der Waals surface area (Å²) in [5.74, 6) is -0.893. The molecule has 2 aliphatic rings. The maximum Gasteiger partial charge on any atom is 0.413 e. The summed E-state index contributed by atoms with van der Waals surface area (Å²) in [6.07, 6.45) is 1.61. The first-order valence-corrected chi connectivity index (χ1v) is 12.8. The molecular formula is C28H29ClFN3O5. The van der Waals surface area contributed by atoms with Gasteiger partial charge in [0.2, 0.25) is 0 Å². The number of anilines is 1. The number of hydrogen-bond donors (Lipinski definition) is 2. The van der Waals surface area contributed by atoms with E-state index in [1.165, 1.54) is 16.9 Å². The second-order valence-electron chi connectivity index (χ2n) is 10.5. The Morgan fingerprint density at radius 2 is 2.05 bits per heavy atom. The van der Waals surface area contributed by atoms with Crippen molar-refractivity contribution in [2.24, 2.45) is 13.0 Å². The van der Waals surface area contributed by atoms with Crippen LogP contribution in [0.2, 0.25) is 5.02 Å². The van der Waals surface area contributed by atoms with E-state index in [1.807, 2.05) is 19.1 Å². The van der Waals surface area contributed by atoms with Gasteiger partial charge < -0.3 is 14.6 Å². The number of nitrogens with one attached hydrogen (secondary N) is 1. The molecule has 8 nitrogen and oxygen atoms in total. The summed E-state index contributed by atoms with van der Waals surface area (Å²) in [5.41, 5.74) is 1.13. The molecule has 1 aliphatic heterocycles. The number of carboxylic acid groups (broad SMARTS) is 1. The van der Waals surface area contributed by atoms with E-state index >= 15 is 4.39 Å². The molecule has 1 amide bonds. The molecule has 0 spiro atoms. The minimum Gasteiger partial charge on any atom is -0.481 e. The number of carboxylic acids is 1. The van der Waals surface area contributed by atoms with Crippen molar-refractivity contribution in [2.45, 2.75) is 50.2 Å². The van der Waals surface area contributed by atoms with Crippen molar-refractivity contribution >= 4 is 29.5 Å². The highest BCUT2D eigenvalue weighted by Crippen LogP contribution is 2.59. The Balaban J connectivity index is 1.32. The number of ether oxygens (including phenoxy) is 2. The minimum atomic E-state index is -0.866. The number of carbonyl (C=O) groups is 2. The summed E-state index contributed by atoms with van der Waals surface area (Å²) in [6, 6.07) is 12.1. The van der Waals surface area contributed by atoms with E-state index in [-0.39, 0.29) is 23.7 Å². The molecular weight excluding hydrogens is 513 g/mol. The molecule has 2 N–H and O–H groups in total. The van der Waals surface area contributed by atoms with E-state index in [4.69, 9.17) is 21.1 Å². The standard InChI is InChI=1S/C28H29ClFN3O5/c1-16(19-6-4-5-7-22(19)29)38-26(36)32-25-21(14-31-33(25)3)20-9-8-17(10-23(20)30)27(2)11-18-12-28(18,37-15-27)13-24(34)35/h4-10,14,16,18H,11-13,15H2,1-3H3,(H,32,36)(H,34,35)/t16-,18?,27?,28?/m1/s1. The zero-order valence-corrected chi connectivity index (χ0v) is 22.1. The number of fused-ring (bicyclic) bond motifs is 1. The van der Waals surface area contributed by atoms with Crippen LogP contribution in [-0.2, 0) is 26.7 Å². The first-order chi connectivity index (χ1) is 18.0. The molecule has 0 bridgehead atoms. The molecule has 38 heavy (non-hydrogen) atoms. The highest BCUT2D eigenvalue weighted by molar-refractivity contribution is 6.31. The zero-order valence-electron chi connectivity index (χ0n) is 21.3. The summed E-state index contributed by atoms with van der Waals surface area (Å²) >= 11 is 6.21. The van der Waals surface area contributed by atoms with Crippen LogP contribution in [0.3, 0.4) is 0 Å². The Morgan fingerprint density at radius 1 is 1.29 bits per heavy atom. The predicted octanol–water partition coefficient (Wildman–Crippen LogP) is 6.10. The molecule has 2 aromatic carbocycles. The first-order valence-electron chi connectivity index (χ1n) is 12.4. The molecule has 2 heterocycles. The van der Waals surface area contributed by atoms with Crippen molar-refractivity contribution in [3.63, 3.8) is 0 Å². The molecule has 10 heteroatoms. The summed E-state index contributed by atoms with van der Waals surface area (Å²) in [7, 11) is 1.64. The monoisotopic (exact) mass is 541 g/mol. The summed E-state index contributed by atoms with van der Waals surface area (Å²) in [4.78, 5) is 23.9. The molecule has 3 unspecified atom stereocenters. The summed E-state index contributed by atoms with van der Waals surface area (Å²) < 4.78 is 28.5. The van der Waals surface area contributed by atoms with Crippen LogP contribution in [0.25, 0.3) is 11.1 Å². The number of hydrogen-bond acceptors (Lipinski definition) is 5. The SMILES string of the molecule is C[C@@H](OC(=O)Nc1c(-c2ccc(C3(C)COC4(CC(=O)O)CC4C3)cc2F)cnn1C)c1ccccc1Cl. The maximum absolute atomic E-state index is 15.5. The molecule has 5 rings (SSSR count). The predicted molar refractivity (Wildman–Crippen MR) is 140 cm³/mol. The van der Waals surface area contributed by atoms with Crippen LogP contribution in [0.1, 0.15) is 50.3 Å². The van der Waals surface area contributed by atoms with Crippen LogP contribution in [0.5, 0.6) is 0 Å². The number of aryl methyl sites for hydroxylation is 1. The number of benzene rings is 2. The van der Waals surface area contributed by atoms with Gasteiger partial charge >= 0.3 is 12.1 Å². The fourth-order valence-corrected chi connectivity index (χ4v) is 5.76. The molecule has 200 valence electrons. The van der Waals surface area contributed by atoms with E-state index < -0.39 is 35.0 Å². The number of amides is 1. The quantitative estimate of drug-likeness (QED) is 0.374. The Kier molecular flexibility index (Phi) is 6.69. The fraction of sp³-hybridized carbons (Fsp3) is 0.393. The van der Waals surface area contributed by atoms with Crippen LogP contribution >= 0.6 is 11.6 Å². The van der Waals surface area contributed by atoms with E-state index in [2.05, 4.69) is 10.4 Å². The van der Waals surface area contributed by atoms with Gasteiger partial charge in [-0.15, -0.1) is 0 Å². The third-order valence-electron chi connectivity index (χ3n) is 7.74. The lowest BCUT2D eigenvalue weighted by Gasteiger charge is -2.37. The van der Waals surface area contributed by atoms with Crippen molar-refractivity contribution in [2.75, 3.05) is 11.9 Å².